The Morgan fingerprint density at radius 1 is 1.27 bits per heavy atom. The van der Waals surface area contributed by atoms with Gasteiger partial charge < -0.3 is 4.89 Å². The molecule has 1 aromatic carbocycles. The van der Waals surface area contributed by atoms with Crippen molar-refractivity contribution in [3.05, 3.63) is 60.6 Å². The van der Waals surface area contributed by atoms with Gasteiger partial charge in [-0.05, 0) is 11.6 Å². The van der Waals surface area contributed by atoms with Gasteiger partial charge in [-0.1, -0.05) is 36.4 Å². The monoisotopic (exact) mass is 198 g/mol. The number of benzene rings is 1. The molecule has 0 saturated heterocycles. The second kappa shape index (κ2) is 3.24. The molecule has 1 unspecified atom stereocenters. The van der Waals surface area contributed by atoms with E-state index in [0.717, 1.165) is 6.42 Å². The molecule has 2 aliphatic rings. The maximum atomic E-state index is 5.42. The minimum absolute atomic E-state index is 0.293. The molecule has 1 aromatic rings. The number of allylic oxidation sites excluding steroid dienone is 2. The Bertz CT molecular complexity index is 419. The molecule has 1 saturated carbocycles. The largest absolute Gasteiger partial charge is 0.336 e. The average molecular weight is 198 g/mol. The Morgan fingerprint density at radius 2 is 2.27 bits per heavy atom. The Hall–Kier alpha value is -1.54. The second-order valence-corrected chi connectivity index (χ2v) is 3.70. The van der Waals surface area contributed by atoms with E-state index >= 15 is 0 Å². The number of fused-ring (bicyclic) bond motifs is 1. The molecule has 74 valence electrons. The summed E-state index contributed by atoms with van der Waals surface area (Å²) < 4.78 is 0. The van der Waals surface area contributed by atoms with Crippen LogP contribution in [-0.2, 0) is 4.89 Å². The molecule has 0 aliphatic heterocycles. The molecular weight excluding hydrogens is 188 g/mol. The van der Waals surface area contributed by atoms with Crippen LogP contribution in [0.1, 0.15) is 6.42 Å². The van der Waals surface area contributed by atoms with E-state index in [1.165, 1.54) is 5.57 Å². The fourth-order valence-electron chi connectivity index (χ4n) is 1.65. The van der Waals surface area contributed by atoms with Crippen molar-refractivity contribution in [2.24, 2.45) is 0 Å². The maximum Gasteiger partial charge on any atom is 0.173 e. The normalized spacial score (nSPS) is 26.8. The summed E-state index contributed by atoms with van der Waals surface area (Å²) in [5.74, 6) is 0.612. The molecule has 2 heteroatoms. The highest BCUT2D eigenvalue weighted by molar-refractivity contribution is 5.49. The maximum absolute atomic E-state index is 5.42. The molecule has 0 spiro atoms. The molecule has 2 nitrogen and oxygen atoms in total. The van der Waals surface area contributed by atoms with E-state index in [1.54, 1.807) is 6.07 Å². The molecule has 2 radical (unpaired) electrons. The predicted molar refractivity (Wildman–Crippen MR) is 55.9 cm³/mol. The zero-order valence-electron chi connectivity index (χ0n) is 8.14. The van der Waals surface area contributed by atoms with Crippen molar-refractivity contribution in [1.82, 2.24) is 0 Å². The lowest BCUT2D eigenvalue weighted by molar-refractivity contribution is -0.242. The summed E-state index contributed by atoms with van der Waals surface area (Å²) in [5, 5.41) is 0. The van der Waals surface area contributed by atoms with E-state index in [9.17, 15) is 0 Å². The van der Waals surface area contributed by atoms with E-state index < -0.39 is 0 Å². The van der Waals surface area contributed by atoms with Crippen molar-refractivity contribution in [3.63, 3.8) is 0 Å². The van der Waals surface area contributed by atoms with E-state index in [-0.39, 0.29) is 5.60 Å². The minimum Gasteiger partial charge on any atom is -0.336 e. The zero-order valence-corrected chi connectivity index (χ0v) is 8.14. The lowest BCUT2D eigenvalue weighted by atomic mass is 10.1. The van der Waals surface area contributed by atoms with Gasteiger partial charge in [-0.15, -0.1) is 0 Å². The first kappa shape index (κ1) is 8.74. The van der Waals surface area contributed by atoms with Gasteiger partial charge in [0.25, 0.3) is 0 Å². The SMILES string of the molecule is [c]1ccccc1OOC12[CH]C=CC=C1C2. The van der Waals surface area contributed by atoms with Gasteiger partial charge in [0.05, 0.1) is 0 Å². The highest BCUT2D eigenvalue weighted by Crippen LogP contribution is 2.50. The number of hydrogen-bond donors (Lipinski definition) is 0. The average Bonchev–Trinajstić information content (AvgIpc) is 3.03. The summed E-state index contributed by atoms with van der Waals surface area (Å²) in [7, 11) is 0. The van der Waals surface area contributed by atoms with Crippen LogP contribution in [0.25, 0.3) is 0 Å². The van der Waals surface area contributed by atoms with Gasteiger partial charge in [-0.3, -0.25) is 0 Å². The quantitative estimate of drug-likeness (QED) is 0.549. The van der Waals surface area contributed by atoms with Gasteiger partial charge >= 0.3 is 0 Å². The second-order valence-electron chi connectivity index (χ2n) is 3.70. The van der Waals surface area contributed by atoms with Gasteiger partial charge in [0, 0.05) is 18.9 Å². The molecule has 1 fully saturated rings. The summed E-state index contributed by atoms with van der Waals surface area (Å²) in [5.41, 5.74) is 0.972. The van der Waals surface area contributed by atoms with Gasteiger partial charge in [0.2, 0.25) is 0 Å². The summed E-state index contributed by atoms with van der Waals surface area (Å²) >= 11 is 0. The molecule has 0 N–H and O–H groups in total. The van der Waals surface area contributed by atoms with Crippen LogP contribution < -0.4 is 4.89 Å². The van der Waals surface area contributed by atoms with E-state index in [2.05, 4.69) is 12.1 Å². The Morgan fingerprint density at radius 3 is 3.07 bits per heavy atom. The van der Waals surface area contributed by atoms with Crippen LogP contribution in [0.4, 0.5) is 0 Å². The molecular formula is C13H10O2. The van der Waals surface area contributed by atoms with Gasteiger partial charge in [0.1, 0.15) is 5.60 Å². The van der Waals surface area contributed by atoms with Crippen LogP contribution in [0.5, 0.6) is 5.75 Å². The molecule has 0 bridgehead atoms. The third-order valence-corrected chi connectivity index (χ3v) is 2.61. The standard InChI is InChI=1S/C13H10O2/c1-2-7-12(8-3-1)14-15-13-9-5-4-6-11(13)10-13/h1-7,9H,10H2. The number of hydrogen-bond acceptors (Lipinski definition) is 2. The molecule has 2 aliphatic carbocycles. The molecule has 0 aromatic heterocycles. The van der Waals surface area contributed by atoms with Crippen molar-refractivity contribution in [2.45, 2.75) is 12.0 Å². The number of rotatable bonds is 3. The molecule has 15 heavy (non-hydrogen) atoms. The third kappa shape index (κ3) is 1.57. The highest BCUT2D eigenvalue weighted by Gasteiger charge is 2.52. The van der Waals surface area contributed by atoms with Crippen LogP contribution in [0.2, 0.25) is 0 Å². The van der Waals surface area contributed by atoms with Gasteiger partial charge in [0.15, 0.2) is 5.75 Å². The summed E-state index contributed by atoms with van der Waals surface area (Å²) in [4.78, 5) is 10.7. The smallest absolute Gasteiger partial charge is 0.173 e. The van der Waals surface area contributed by atoms with E-state index in [1.807, 2.05) is 36.8 Å². The molecule has 0 heterocycles. The Kier molecular flexibility index (Phi) is 1.89. The van der Waals surface area contributed by atoms with Crippen molar-refractivity contribution >= 4 is 0 Å². The Labute approximate surface area is 88.8 Å². The Balaban J connectivity index is 1.65. The lowest BCUT2D eigenvalue weighted by Gasteiger charge is -2.14. The van der Waals surface area contributed by atoms with Crippen LogP contribution in [-0.4, -0.2) is 5.60 Å². The van der Waals surface area contributed by atoms with Crippen molar-refractivity contribution < 1.29 is 9.78 Å². The summed E-state index contributed by atoms with van der Waals surface area (Å²) in [6.45, 7) is 0. The van der Waals surface area contributed by atoms with Crippen LogP contribution in [0.3, 0.4) is 0 Å². The lowest BCUT2D eigenvalue weighted by Crippen LogP contribution is -2.18. The van der Waals surface area contributed by atoms with Crippen LogP contribution >= 0.6 is 0 Å². The summed E-state index contributed by atoms with van der Waals surface area (Å²) in [6, 6.07) is 10.3. The predicted octanol–water partition coefficient (Wildman–Crippen LogP) is 2.64. The summed E-state index contributed by atoms with van der Waals surface area (Å²) in [6.07, 6.45) is 9.00. The fourth-order valence-corrected chi connectivity index (χ4v) is 1.65. The first-order valence-corrected chi connectivity index (χ1v) is 4.94. The molecule has 1 atom stereocenters. The topological polar surface area (TPSA) is 18.5 Å². The number of para-hydroxylation sites is 1. The van der Waals surface area contributed by atoms with Gasteiger partial charge in [-0.25, -0.2) is 0 Å². The first-order chi connectivity index (χ1) is 7.39. The van der Waals surface area contributed by atoms with Crippen LogP contribution in [0.15, 0.2) is 48.1 Å². The van der Waals surface area contributed by atoms with Crippen molar-refractivity contribution in [1.29, 1.82) is 0 Å². The fraction of sp³-hybridized carbons (Fsp3) is 0.154. The zero-order chi connectivity index (χ0) is 10.1. The van der Waals surface area contributed by atoms with E-state index in [4.69, 9.17) is 9.78 Å². The van der Waals surface area contributed by atoms with Crippen molar-refractivity contribution in [3.8, 4) is 5.75 Å². The highest BCUT2D eigenvalue weighted by atomic mass is 17.2. The third-order valence-electron chi connectivity index (χ3n) is 2.61. The van der Waals surface area contributed by atoms with Gasteiger partial charge in [-0.2, -0.15) is 4.89 Å². The van der Waals surface area contributed by atoms with Crippen LogP contribution in [0, 0.1) is 12.5 Å². The molecule has 0 amide bonds. The van der Waals surface area contributed by atoms with Crippen molar-refractivity contribution in [2.75, 3.05) is 0 Å². The molecule has 3 rings (SSSR count). The van der Waals surface area contributed by atoms with E-state index in [0.29, 0.717) is 5.75 Å². The first-order valence-electron chi connectivity index (χ1n) is 4.94. The minimum atomic E-state index is -0.293.